The SMILES string of the molecule is CC1CCC(NCc2cccc(Br)c2)CC1. The van der Waals surface area contributed by atoms with Crippen LogP contribution in [0.25, 0.3) is 0 Å². The minimum absolute atomic E-state index is 0.732. The first-order valence-electron chi connectivity index (χ1n) is 6.22. The van der Waals surface area contributed by atoms with E-state index in [0.29, 0.717) is 0 Å². The Balaban J connectivity index is 1.79. The number of hydrogen-bond acceptors (Lipinski definition) is 1. The van der Waals surface area contributed by atoms with E-state index in [2.05, 4.69) is 52.4 Å². The molecule has 88 valence electrons. The Labute approximate surface area is 107 Å². The molecule has 2 heteroatoms. The fraction of sp³-hybridized carbons (Fsp3) is 0.571. The Morgan fingerprint density at radius 1 is 1.25 bits per heavy atom. The van der Waals surface area contributed by atoms with E-state index < -0.39 is 0 Å². The molecule has 1 saturated carbocycles. The Morgan fingerprint density at radius 3 is 2.69 bits per heavy atom. The predicted octanol–water partition coefficient (Wildman–Crippen LogP) is 4.12. The van der Waals surface area contributed by atoms with Gasteiger partial charge in [0, 0.05) is 17.1 Å². The van der Waals surface area contributed by atoms with Crippen molar-refractivity contribution in [2.45, 2.75) is 45.2 Å². The number of rotatable bonds is 3. The van der Waals surface area contributed by atoms with Crippen molar-refractivity contribution in [2.75, 3.05) is 0 Å². The normalized spacial score (nSPS) is 25.6. The van der Waals surface area contributed by atoms with Gasteiger partial charge in [-0.05, 0) is 49.3 Å². The van der Waals surface area contributed by atoms with Gasteiger partial charge in [-0.25, -0.2) is 0 Å². The van der Waals surface area contributed by atoms with Gasteiger partial charge < -0.3 is 5.32 Å². The van der Waals surface area contributed by atoms with Crippen LogP contribution in [0.3, 0.4) is 0 Å². The molecular formula is C14H20BrN. The van der Waals surface area contributed by atoms with Crippen molar-refractivity contribution in [3.8, 4) is 0 Å². The first-order chi connectivity index (χ1) is 7.74. The van der Waals surface area contributed by atoms with Crippen LogP contribution in [0.4, 0.5) is 0 Å². The molecule has 0 atom stereocenters. The van der Waals surface area contributed by atoms with Crippen molar-refractivity contribution >= 4 is 15.9 Å². The molecule has 1 fully saturated rings. The summed E-state index contributed by atoms with van der Waals surface area (Å²) in [6.07, 6.45) is 5.46. The summed E-state index contributed by atoms with van der Waals surface area (Å²) in [6.45, 7) is 3.36. The molecule has 0 spiro atoms. The first-order valence-corrected chi connectivity index (χ1v) is 7.01. The number of benzene rings is 1. The largest absolute Gasteiger partial charge is 0.310 e. The molecule has 0 aliphatic heterocycles. The summed E-state index contributed by atoms with van der Waals surface area (Å²) in [7, 11) is 0. The average Bonchev–Trinajstić information content (AvgIpc) is 2.28. The molecule has 0 aromatic heterocycles. The van der Waals surface area contributed by atoms with Gasteiger partial charge in [0.25, 0.3) is 0 Å². The van der Waals surface area contributed by atoms with Crippen molar-refractivity contribution in [3.05, 3.63) is 34.3 Å². The summed E-state index contributed by atoms with van der Waals surface area (Å²) < 4.78 is 1.17. The zero-order valence-electron chi connectivity index (χ0n) is 9.88. The molecular weight excluding hydrogens is 262 g/mol. The highest BCUT2D eigenvalue weighted by molar-refractivity contribution is 9.10. The molecule has 1 aliphatic carbocycles. The molecule has 0 saturated heterocycles. The summed E-state index contributed by atoms with van der Waals surface area (Å²) in [5.41, 5.74) is 1.37. The molecule has 0 radical (unpaired) electrons. The Bertz CT molecular complexity index is 329. The van der Waals surface area contributed by atoms with E-state index in [4.69, 9.17) is 0 Å². The van der Waals surface area contributed by atoms with Gasteiger partial charge in [-0.3, -0.25) is 0 Å². The van der Waals surface area contributed by atoms with Gasteiger partial charge in [-0.1, -0.05) is 35.0 Å². The highest BCUT2D eigenvalue weighted by Gasteiger charge is 2.17. The topological polar surface area (TPSA) is 12.0 Å². The third kappa shape index (κ3) is 3.60. The van der Waals surface area contributed by atoms with Crippen molar-refractivity contribution in [3.63, 3.8) is 0 Å². The lowest BCUT2D eigenvalue weighted by Gasteiger charge is -2.27. The maximum Gasteiger partial charge on any atom is 0.0208 e. The number of nitrogens with one attached hydrogen (secondary N) is 1. The quantitative estimate of drug-likeness (QED) is 0.879. The molecule has 1 aromatic carbocycles. The maximum absolute atomic E-state index is 3.66. The lowest BCUT2D eigenvalue weighted by atomic mass is 9.87. The summed E-state index contributed by atoms with van der Waals surface area (Å²) in [5, 5.41) is 3.66. The van der Waals surface area contributed by atoms with Crippen molar-refractivity contribution < 1.29 is 0 Å². The van der Waals surface area contributed by atoms with E-state index in [1.165, 1.54) is 35.7 Å². The van der Waals surface area contributed by atoms with E-state index in [0.717, 1.165) is 18.5 Å². The van der Waals surface area contributed by atoms with Gasteiger partial charge >= 0.3 is 0 Å². The third-order valence-corrected chi connectivity index (χ3v) is 3.99. The highest BCUT2D eigenvalue weighted by Crippen LogP contribution is 2.23. The smallest absolute Gasteiger partial charge is 0.0208 e. The van der Waals surface area contributed by atoms with Gasteiger partial charge in [0.2, 0.25) is 0 Å². The second kappa shape index (κ2) is 5.83. The van der Waals surface area contributed by atoms with E-state index in [-0.39, 0.29) is 0 Å². The fourth-order valence-corrected chi connectivity index (χ4v) is 2.82. The average molecular weight is 282 g/mol. The predicted molar refractivity (Wildman–Crippen MR) is 72.4 cm³/mol. The van der Waals surface area contributed by atoms with Crippen molar-refractivity contribution in [2.24, 2.45) is 5.92 Å². The Kier molecular flexibility index (Phi) is 4.42. The summed E-state index contributed by atoms with van der Waals surface area (Å²) >= 11 is 3.51. The van der Waals surface area contributed by atoms with Crippen molar-refractivity contribution in [1.29, 1.82) is 0 Å². The van der Waals surface area contributed by atoms with Crippen LogP contribution in [0.5, 0.6) is 0 Å². The second-order valence-corrected chi connectivity index (χ2v) is 5.88. The Hall–Kier alpha value is -0.340. The zero-order valence-corrected chi connectivity index (χ0v) is 11.5. The van der Waals surface area contributed by atoms with E-state index in [1.807, 2.05) is 0 Å². The lowest BCUT2D eigenvalue weighted by molar-refractivity contribution is 0.306. The standard InChI is InChI=1S/C14H20BrN/c1-11-5-7-14(8-6-11)16-10-12-3-2-4-13(15)9-12/h2-4,9,11,14,16H,5-8,10H2,1H3. The minimum atomic E-state index is 0.732. The molecule has 1 aromatic rings. The number of hydrogen-bond donors (Lipinski definition) is 1. The molecule has 1 aliphatic rings. The van der Waals surface area contributed by atoms with Gasteiger partial charge in [0.1, 0.15) is 0 Å². The van der Waals surface area contributed by atoms with Crippen LogP contribution in [0.2, 0.25) is 0 Å². The monoisotopic (exact) mass is 281 g/mol. The van der Waals surface area contributed by atoms with Crippen LogP contribution in [0.1, 0.15) is 38.2 Å². The molecule has 1 N–H and O–H groups in total. The summed E-state index contributed by atoms with van der Waals surface area (Å²) in [4.78, 5) is 0. The molecule has 0 amide bonds. The van der Waals surface area contributed by atoms with Crippen molar-refractivity contribution in [1.82, 2.24) is 5.32 Å². The van der Waals surface area contributed by atoms with Gasteiger partial charge in [0.05, 0.1) is 0 Å². The van der Waals surface area contributed by atoms with Crippen LogP contribution >= 0.6 is 15.9 Å². The molecule has 0 heterocycles. The van der Waals surface area contributed by atoms with Gasteiger partial charge in [-0.15, -0.1) is 0 Å². The second-order valence-electron chi connectivity index (χ2n) is 4.97. The molecule has 2 rings (SSSR count). The third-order valence-electron chi connectivity index (χ3n) is 3.50. The highest BCUT2D eigenvalue weighted by atomic mass is 79.9. The summed E-state index contributed by atoms with van der Waals surface area (Å²) in [5.74, 6) is 0.934. The van der Waals surface area contributed by atoms with E-state index in [1.54, 1.807) is 0 Å². The van der Waals surface area contributed by atoms with E-state index >= 15 is 0 Å². The van der Waals surface area contributed by atoms with Crippen LogP contribution in [0, 0.1) is 5.92 Å². The molecule has 0 bridgehead atoms. The molecule has 0 unspecified atom stereocenters. The zero-order chi connectivity index (χ0) is 11.4. The van der Waals surface area contributed by atoms with Crippen LogP contribution < -0.4 is 5.32 Å². The Morgan fingerprint density at radius 2 is 2.00 bits per heavy atom. The van der Waals surface area contributed by atoms with Crippen LogP contribution in [0.15, 0.2) is 28.7 Å². The van der Waals surface area contributed by atoms with E-state index in [9.17, 15) is 0 Å². The maximum atomic E-state index is 3.66. The molecule has 16 heavy (non-hydrogen) atoms. The summed E-state index contributed by atoms with van der Waals surface area (Å²) in [6, 6.07) is 9.28. The van der Waals surface area contributed by atoms with Crippen LogP contribution in [-0.4, -0.2) is 6.04 Å². The van der Waals surface area contributed by atoms with Gasteiger partial charge in [-0.2, -0.15) is 0 Å². The van der Waals surface area contributed by atoms with Crippen LogP contribution in [-0.2, 0) is 6.54 Å². The first kappa shape index (κ1) is 12.1. The van der Waals surface area contributed by atoms with Gasteiger partial charge in [0.15, 0.2) is 0 Å². The lowest BCUT2D eigenvalue weighted by Crippen LogP contribution is -2.32. The fourth-order valence-electron chi connectivity index (χ4n) is 2.37. The number of halogens is 1. The molecule has 1 nitrogen and oxygen atoms in total. The minimum Gasteiger partial charge on any atom is -0.310 e.